The molecule has 9 heteroatoms. The second-order valence-electron chi connectivity index (χ2n) is 6.44. The fourth-order valence-electron chi connectivity index (χ4n) is 3.36. The molecule has 0 radical (unpaired) electrons. The van der Waals surface area contributed by atoms with Crippen molar-refractivity contribution in [3.8, 4) is 0 Å². The number of anilines is 1. The Morgan fingerprint density at radius 2 is 2.03 bits per heavy atom. The maximum Gasteiger partial charge on any atom is 0.296 e. The Labute approximate surface area is 172 Å². The Morgan fingerprint density at radius 3 is 2.72 bits per heavy atom. The van der Waals surface area contributed by atoms with E-state index in [0.29, 0.717) is 15.7 Å². The molecule has 1 atom stereocenters. The highest BCUT2D eigenvalue weighted by Crippen LogP contribution is 2.44. The lowest BCUT2D eigenvalue weighted by atomic mass is 10.0. The molecule has 0 fully saturated rings. The topological polar surface area (TPSA) is 96.5 Å². The molecule has 29 heavy (non-hydrogen) atoms. The zero-order valence-electron chi connectivity index (χ0n) is 15.0. The number of aliphatic hydroxyl groups is 1. The fraction of sp³-hybridized carbons (Fsp3) is 0.100. The fourth-order valence-corrected chi connectivity index (χ4v) is 4.90. The van der Waals surface area contributed by atoms with Crippen LogP contribution in [-0.2, 0) is 4.79 Å². The summed E-state index contributed by atoms with van der Waals surface area (Å²) >= 11 is 2.61. The maximum absolute atomic E-state index is 13.3. The van der Waals surface area contributed by atoms with E-state index in [0.717, 1.165) is 10.3 Å². The monoisotopic (exact) mass is 423 g/mol. The number of benzene rings is 1. The number of Topliss-reactive ketones (excluding diaryl/α,β-unsaturated/α-hetero) is 1. The maximum atomic E-state index is 13.3. The van der Waals surface area contributed by atoms with Crippen molar-refractivity contribution < 1.29 is 19.1 Å². The molecule has 0 unspecified atom stereocenters. The second kappa shape index (κ2) is 6.64. The van der Waals surface area contributed by atoms with Crippen molar-refractivity contribution in [3.63, 3.8) is 0 Å². The lowest BCUT2D eigenvalue weighted by Crippen LogP contribution is -2.30. The van der Waals surface area contributed by atoms with Gasteiger partial charge in [0.25, 0.3) is 5.91 Å². The molecule has 4 aromatic rings. The first-order valence-electron chi connectivity index (χ1n) is 8.68. The summed E-state index contributed by atoms with van der Waals surface area (Å²) < 4.78 is 5.69. The van der Waals surface area contributed by atoms with Crippen molar-refractivity contribution in [1.82, 2.24) is 10.2 Å². The van der Waals surface area contributed by atoms with E-state index in [1.165, 1.54) is 27.6 Å². The number of thiophene rings is 1. The van der Waals surface area contributed by atoms with Crippen molar-refractivity contribution in [1.29, 1.82) is 0 Å². The first-order valence-corrected chi connectivity index (χ1v) is 10.4. The average Bonchev–Trinajstić information content (AvgIpc) is 3.49. The van der Waals surface area contributed by atoms with Crippen LogP contribution in [0.4, 0.5) is 5.13 Å². The zero-order chi connectivity index (χ0) is 20.1. The van der Waals surface area contributed by atoms with Gasteiger partial charge in [-0.3, -0.25) is 14.5 Å². The van der Waals surface area contributed by atoms with Gasteiger partial charge in [0.05, 0.1) is 5.57 Å². The molecule has 0 bridgehead atoms. The van der Waals surface area contributed by atoms with Gasteiger partial charge in [-0.05, 0) is 30.5 Å². The Bertz CT molecular complexity index is 1250. The Hall–Kier alpha value is -3.30. The predicted molar refractivity (Wildman–Crippen MR) is 109 cm³/mol. The summed E-state index contributed by atoms with van der Waals surface area (Å²) in [6, 6.07) is 11.7. The van der Waals surface area contributed by atoms with Crippen LogP contribution < -0.4 is 4.90 Å². The first kappa shape index (κ1) is 17.8. The highest BCUT2D eigenvalue weighted by Gasteiger charge is 2.47. The molecule has 1 amide bonds. The molecule has 1 aliphatic rings. The Balaban J connectivity index is 1.65. The number of rotatable bonds is 4. The molecule has 1 N–H and O–H groups in total. The van der Waals surface area contributed by atoms with Crippen molar-refractivity contribution in [2.24, 2.45) is 0 Å². The molecule has 0 spiro atoms. The summed E-state index contributed by atoms with van der Waals surface area (Å²) in [5.41, 5.74) is 0.536. The number of fused-ring (bicyclic) bond motifs is 1. The standard InChI is InChI=1S/C20H13N3O4S2/c1-10-21-22-20(29-10)23-16(14-7-4-8-28-14)15(18(25)19(23)26)17(24)13-9-11-5-2-3-6-12(11)27-13/h2-9,16,25H,1H3/t16-/m1/s1. The molecular formula is C20H13N3O4S2. The van der Waals surface area contributed by atoms with Crippen LogP contribution in [0.2, 0.25) is 0 Å². The molecule has 4 heterocycles. The van der Waals surface area contributed by atoms with Gasteiger partial charge < -0.3 is 9.52 Å². The number of ketones is 1. The van der Waals surface area contributed by atoms with Crippen LogP contribution in [-0.4, -0.2) is 27.0 Å². The number of aromatic nitrogens is 2. The Morgan fingerprint density at radius 1 is 1.21 bits per heavy atom. The van der Waals surface area contributed by atoms with E-state index in [1.807, 2.05) is 35.7 Å². The van der Waals surface area contributed by atoms with Crippen LogP contribution >= 0.6 is 22.7 Å². The third-order valence-electron chi connectivity index (χ3n) is 4.64. The van der Waals surface area contributed by atoms with Gasteiger partial charge in [0, 0.05) is 10.3 Å². The molecule has 0 saturated heterocycles. The first-order chi connectivity index (χ1) is 14.0. The SMILES string of the molecule is Cc1nnc(N2C(=O)C(O)=C(C(=O)c3cc4ccccc4o3)[C@H]2c2cccs2)s1. The van der Waals surface area contributed by atoms with Crippen LogP contribution in [0.25, 0.3) is 11.0 Å². The van der Waals surface area contributed by atoms with E-state index in [9.17, 15) is 14.7 Å². The van der Waals surface area contributed by atoms with Gasteiger partial charge in [0.2, 0.25) is 10.9 Å². The van der Waals surface area contributed by atoms with Gasteiger partial charge in [-0.1, -0.05) is 35.6 Å². The van der Waals surface area contributed by atoms with E-state index in [2.05, 4.69) is 10.2 Å². The van der Waals surface area contributed by atoms with Gasteiger partial charge in [-0.15, -0.1) is 21.5 Å². The molecule has 7 nitrogen and oxygen atoms in total. The van der Waals surface area contributed by atoms with Crippen LogP contribution in [0.1, 0.15) is 26.5 Å². The van der Waals surface area contributed by atoms with Crippen LogP contribution in [0.5, 0.6) is 0 Å². The van der Waals surface area contributed by atoms with E-state index in [1.54, 1.807) is 19.1 Å². The predicted octanol–water partition coefficient (Wildman–Crippen LogP) is 4.44. The van der Waals surface area contributed by atoms with E-state index in [-0.39, 0.29) is 11.3 Å². The summed E-state index contributed by atoms with van der Waals surface area (Å²) in [7, 11) is 0. The van der Waals surface area contributed by atoms with E-state index >= 15 is 0 Å². The third kappa shape index (κ3) is 2.78. The van der Waals surface area contributed by atoms with Gasteiger partial charge >= 0.3 is 0 Å². The number of para-hydroxylation sites is 1. The lowest BCUT2D eigenvalue weighted by molar-refractivity contribution is -0.117. The third-order valence-corrected chi connectivity index (χ3v) is 6.40. The summed E-state index contributed by atoms with van der Waals surface area (Å²) in [5, 5.41) is 22.3. The van der Waals surface area contributed by atoms with Crippen molar-refractivity contribution >= 4 is 50.5 Å². The molecule has 5 rings (SSSR count). The van der Waals surface area contributed by atoms with Crippen molar-refractivity contribution in [2.75, 3.05) is 4.90 Å². The average molecular weight is 423 g/mol. The minimum absolute atomic E-state index is 0.0237. The molecular weight excluding hydrogens is 410 g/mol. The van der Waals surface area contributed by atoms with E-state index < -0.39 is 23.5 Å². The van der Waals surface area contributed by atoms with E-state index in [4.69, 9.17) is 4.42 Å². The Kier molecular flexibility index (Phi) is 4.07. The number of furan rings is 1. The van der Waals surface area contributed by atoms with Gasteiger partial charge in [-0.25, -0.2) is 0 Å². The molecule has 3 aromatic heterocycles. The summed E-state index contributed by atoms with van der Waals surface area (Å²) in [5.74, 6) is -1.74. The van der Waals surface area contributed by atoms with Crippen LogP contribution in [0.3, 0.4) is 0 Å². The molecule has 1 aliphatic heterocycles. The number of carbonyl (C=O) groups excluding carboxylic acids is 2. The summed E-state index contributed by atoms with van der Waals surface area (Å²) in [4.78, 5) is 28.3. The smallest absolute Gasteiger partial charge is 0.296 e. The highest BCUT2D eigenvalue weighted by molar-refractivity contribution is 7.15. The highest BCUT2D eigenvalue weighted by atomic mass is 32.1. The van der Waals surface area contributed by atoms with Crippen LogP contribution in [0, 0.1) is 6.92 Å². The number of aryl methyl sites for hydroxylation is 1. The van der Waals surface area contributed by atoms with Crippen LogP contribution in [0.15, 0.2) is 63.6 Å². The second-order valence-corrected chi connectivity index (χ2v) is 8.58. The minimum Gasteiger partial charge on any atom is -0.503 e. The van der Waals surface area contributed by atoms with Gasteiger partial charge in [0.1, 0.15) is 16.6 Å². The van der Waals surface area contributed by atoms with Gasteiger partial charge in [0.15, 0.2) is 11.5 Å². The molecule has 0 saturated carbocycles. The minimum atomic E-state index is -0.796. The summed E-state index contributed by atoms with van der Waals surface area (Å²) in [6.07, 6.45) is 0. The number of carbonyl (C=O) groups is 2. The number of amides is 1. The normalized spacial score (nSPS) is 16.9. The lowest BCUT2D eigenvalue weighted by Gasteiger charge is -2.22. The van der Waals surface area contributed by atoms with Crippen molar-refractivity contribution in [3.05, 3.63) is 74.8 Å². The summed E-state index contributed by atoms with van der Waals surface area (Å²) in [6.45, 7) is 1.77. The zero-order valence-corrected chi connectivity index (χ0v) is 16.7. The number of hydrogen-bond donors (Lipinski definition) is 1. The quantitative estimate of drug-likeness (QED) is 0.488. The number of nitrogens with zero attached hydrogens (tertiary/aromatic N) is 3. The van der Waals surface area contributed by atoms with Crippen molar-refractivity contribution in [2.45, 2.75) is 13.0 Å². The number of hydrogen-bond acceptors (Lipinski definition) is 8. The van der Waals surface area contributed by atoms with Gasteiger partial charge in [-0.2, -0.15) is 0 Å². The largest absolute Gasteiger partial charge is 0.503 e. The molecule has 0 aliphatic carbocycles. The number of aliphatic hydroxyl groups excluding tert-OH is 1. The molecule has 1 aromatic carbocycles. The molecule has 144 valence electrons.